The molecule has 2 aromatic heterocycles. The SMILES string of the molecule is Cc1ccc(-n2nccn2)c(C(=O)N2CC3CC(C2)N(c2ccnc(-c4ccccc4)n2)C3)c1. The summed E-state index contributed by atoms with van der Waals surface area (Å²) in [6.07, 6.45) is 6.14. The molecule has 4 heterocycles. The number of anilines is 1. The van der Waals surface area contributed by atoms with E-state index in [2.05, 4.69) is 20.1 Å². The van der Waals surface area contributed by atoms with Crippen molar-refractivity contribution in [1.82, 2.24) is 29.9 Å². The van der Waals surface area contributed by atoms with E-state index in [4.69, 9.17) is 4.98 Å². The van der Waals surface area contributed by atoms with Gasteiger partial charge in [-0.1, -0.05) is 42.0 Å². The van der Waals surface area contributed by atoms with Crippen LogP contribution in [-0.2, 0) is 0 Å². The minimum absolute atomic E-state index is 0.0280. The monoisotopic (exact) mass is 451 g/mol. The normalized spacial score (nSPS) is 19.4. The minimum atomic E-state index is 0.0280. The molecule has 2 fully saturated rings. The van der Waals surface area contributed by atoms with E-state index in [0.29, 0.717) is 23.7 Å². The summed E-state index contributed by atoms with van der Waals surface area (Å²) >= 11 is 0. The van der Waals surface area contributed by atoms with Gasteiger partial charge in [0, 0.05) is 37.4 Å². The molecule has 0 N–H and O–H groups in total. The van der Waals surface area contributed by atoms with Crippen molar-refractivity contribution in [2.45, 2.75) is 19.4 Å². The first-order valence-electron chi connectivity index (χ1n) is 11.6. The highest BCUT2D eigenvalue weighted by Crippen LogP contribution is 2.34. The first kappa shape index (κ1) is 20.5. The van der Waals surface area contributed by atoms with Crippen molar-refractivity contribution in [2.24, 2.45) is 5.92 Å². The first-order chi connectivity index (χ1) is 16.7. The average Bonchev–Trinajstić information content (AvgIpc) is 3.52. The van der Waals surface area contributed by atoms with Gasteiger partial charge in [0.25, 0.3) is 5.91 Å². The molecule has 2 aliphatic heterocycles. The number of nitrogens with zero attached hydrogens (tertiary/aromatic N) is 7. The Kier molecular flexibility index (Phi) is 5.05. The zero-order valence-electron chi connectivity index (χ0n) is 19.0. The number of hydrogen-bond acceptors (Lipinski definition) is 6. The van der Waals surface area contributed by atoms with Gasteiger partial charge in [-0.3, -0.25) is 4.79 Å². The number of aryl methyl sites for hydroxylation is 1. The van der Waals surface area contributed by atoms with E-state index in [1.165, 1.54) is 4.80 Å². The smallest absolute Gasteiger partial charge is 0.256 e. The van der Waals surface area contributed by atoms with E-state index in [1.54, 1.807) is 12.4 Å². The number of amides is 1. The van der Waals surface area contributed by atoms with Crippen LogP contribution in [-0.4, -0.2) is 61.4 Å². The molecule has 1 amide bonds. The summed E-state index contributed by atoms with van der Waals surface area (Å²) in [6, 6.07) is 18.1. The molecule has 0 aliphatic carbocycles. The van der Waals surface area contributed by atoms with Crippen molar-refractivity contribution in [3.63, 3.8) is 0 Å². The number of rotatable bonds is 4. The van der Waals surface area contributed by atoms with E-state index in [9.17, 15) is 4.79 Å². The van der Waals surface area contributed by atoms with Crippen LogP contribution in [0.15, 0.2) is 73.2 Å². The number of aromatic nitrogens is 5. The predicted molar refractivity (Wildman–Crippen MR) is 129 cm³/mol. The Balaban J connectivity index is 1.26. The standard InChI is InChI=1S/C26H25N7O/c1-18-7-8-23(33-28-11-12-29-33)22(13-18)26(34)31-15-19-14-21(17-31)32(16-19)24-9-10-27-25(30-24)20-5-3-2-4-6-20/h2-13,19,21H,14-17H2,1H3. The second kappa shape index (κ2) is 8.37. The number of fused-ring (bicyclic) bond motifs is 2. The Bertz CT molecular complexity index is 1320. The van der Waals surface area contributed by atoms with Gasteiger partial charge >= 0.3 is 0 Å². The molecule has 2 unspecified atom stereocenters. The second-order valence-electron chi connectivity index (χ2n) is 9.06. The fourth-order valence-electron chi connectivity index (χ4n) is 5.15. The fraction of sp³-hybridized carbons (Fsp3) is 0.269. The second-order valence-corrected chi connectivity index (χ2v) is 9.06. The number of piperidine rings is 1. The van der Waals surface area contributed by atoms with E-state index < -0.39 is 0 Å². The van der Waals surface area contributed by atoms with Crippen molar-refractivity contribution >= 4 is 11.7 Å². The molecule has 0 spiro atoms. The highest BCUT2D eigenvalue weighted by molar-refractivity contribution is 5.98. The lowest BCUT2D eigenvalue weighted by atomic mass is 9.98. The van der Waals surface area contributed by atoms with Crippen LogP contribution < -0.4 is 4.90 Å². The summed E-state index contributed by atoms with van der Waals surface area (Å²) in [5, 5.41) is 8.49. The van der Waals surface area contributed by atoms with Gasteiger partial charge in [0.2, 0.25) is 0 Å². The van der Waals surface area contributed by atoms with Gasteiger partial charge in [-0.25, -0.2) is 9.97 Å². The number of carbonyl (C=O) groups is 1. The summed E-state index contributed by atoms with van der Waals surface area (Å²) in [5.41, 5.74) is 3.38. The lowest BCUT2D eigenvalue weighted by molar-refractivity contribution is 0.0694. The molecule has 2 aromatic carbocycles. The molecule has 4 aromatic rings. The van der Waals surface area contributed by atoms with Crippen molar-refractivity contribution in [3.8, 4) is 17.1 Å². The Morgan fingerprint density at radius 1 is 0.941 bits per heavy atom. The van der Waals surface area contributed by atoms with Crippen LogP contribution in [0.4, 0.5) is 5.82 Å². The third kappa shape index (κ3) is 3.71. The molecule has 2 aliphatic rings. The average molecular weight is 452 g/mol. The molecule has 2 atom stereocenters. The number of hydrogen-bond donors (Lipinski definition) is 0. The van der Waals surface area contributed by atoms with Crippen molar-refractivity contribution in [1.29, 1.82) is 0 Å². The Morgan fingerprint density at radius 2 is 1.76 bits per heavy atom. The molecule has 34 heavy (non-hydrogen) atoms. The van der Waals surface area contributed by atoms with Crippen molar-refractivity contribution in [3.05, 3.63) is 84.3 Å². The first-order valence-corrected chi connectivity index (χ1v) is 11.6. The van der Waals surface area contributed by atoms with E-state index in [0.717, 1.165) is 42.3 Å². The van der Waals surface area contributed by atoms with Crippen molar-refractivity contribution < 1.29 is 4.79 Å². The van der Waals surface area contributed by atoms with Crippen LogP contribution in [0.3, 0.4) is 0 Å². The van der Waals surface area contributed by atoms with Crippen LogP contribution in [0.2, 0.25) is 0 Å². The highest BCUT2D eigenvalue weighted by atomic mass is 16.2. The predicted octanol–water partition coefficient (Wildman–Crippen LogP) is 3.38. The zero-order chi connectivity index (χ0) is 23.1. The largest absolute Gasteiger partial charge is 0.351 e. The van der Waals surface area contributed by atoms with Crippen LogP contribution in [0.25, 0.3) is 17.1 Å². The van der Waals surface area contributed by atoms with Gasteiger partial charge < -0.3 is 9.80 Å². The summed E-state index contributed by atoms with van der Waals surface area (Å²) in [7, 11) is 0. The summed E-state index contributed by atoms with van der Waals surface area (Å²) < 4.78 is 0. The van der Waals surface area contributed by atoms with Crippen LogP contribution >= 0.6 is 0 Å². The quantitative estimate of drug-likeness (QED) is 0.473. The van der Waals surface area contributed by atoms with Crippen LogP contribution in [0, 0.1) is 12.8 Å². The Labute approximate surface area is 197 Å². The van der Waals surface area contributed by atoms with Crippen LogP contribution in [0.5, 0.6) is 0 Å². The molecule has 170 valence electrons. The molecule has 8 heteroatoms. The molecule has 0 saturated carbocycles. The zero-order valence-corrected chi connectivity index (χ0v) is 19.0. The number of likely N-dealkylation sites (tertiary alicyclic amines) is 1. The van der Waals surface area contributed by atoms with Gasteiger partial charge in [0.15, 0.2) is 5.82 Å². The van der Waals surface area contributed by atoms with Gasteiger partial charge in [-0.05, 0) is 37.5 Å². The summed E-state index contributed by atoms with van der Waals surface area (Å²) in [6.45, 7) is 4.29. The Hall–Kier alpha value is -4.07. The Morgan fingerprint density at radius 3 is 2.59 bits per heavy atom. The number of carbonyl (C=O) groups excluding carboxylic acids is 1. The molecule has 6 rings (SSSR count). The lowest BCUT2D eigenvalue weighted by Gasteiger charge is -2.33. The van der Waals surface area contributed by atoms with Crippen molar-refractivity contribution in [2.75, 3.05) is 24.5 Å². The molecule has 2 saturated heterocycles. The van der Waals surface area contributed by atoms with E-state index in [-0.39, 0.29) is 11.9 Å². The van der Waals surface area contributed by atoms with Gasteiger partial charge in [-0.15, -0.1) is 0 Å². The maximum absolute atomic E-state index is 13.7. The highest BCUT2D eigenvalue weighted by Gasteiger charge is 2.41. The third-order valence-electron chi connectivity index (χ3n) is 6.68. The van der Waals surface area contributed by atoms with Gasteiger partial charge in [0.1, 0.15) is 5.82 Å². The summed E-state index contributed by atoms with van der Waals surface area (Å²) in [5.74, 6) is 2.09. The van der Waals surface area contributed by atoms with Gasteiger partial charge in [-0.2, -0.15) is 15.0 Å². The maximum Gasteiger partial charge on any atom is 0.256 e. The summed E-state index contributed by atoms with van der Waals surface area (Å²) in [4.78, 5) is 28.9. The molecule has 0 radical (unpaired) electrons. The fourth-order valence-corrected chi connectivity index (χ4v) is 5.15. The number of benzene rings is 2. The topological polar surface area (TPSA) is 80.0 Å². The van der Waals surface area contributed by atoms with E-state index >= 15 is 0 Å². The van der Waals surface area contributed by atoms with Gasteiger partial charge in [0.05, 0.1) is 23.6 Å². The third-order valence-corrected chi connectivity index (χ3v) is 6.68. The lowest BCUT2D eigenvalue weighted by Crippen LogP contribution is -2.45. The molecule has 8 nitrogen and oxygen atoms in total. The van der Waals surface area contributed by atoms with Crippen LogP contribution in [0.1, 0.15) is 22.3 Å². The van der Waals surface area contributed by atoms with E-state index in [1.807, 2.05) is 72.6 Å². The molecular weight excluding hydrogens is 426 g/mol. The minimum Gasteiger partial charge on any atom is -0.351 e. The molecular formula is C26H25N7O. The maximum atomic E-state index is 13.7. The molecule has 2 bridgehead atoms.